The monoisotopic (exact) mass is 633 g/mol. The second-order valence-corrected chi connectivity index (χ2v) is 13.4. The number of nitrogens with zero attached hydrogens (tertiary/aromatic N) is 3. The number of nitriles is 1. The normalized spacial score (nSPS) is 27.2. The van der Waals surface area contributed by atoms with E-state index >= 15 is 0 Å². The lowest BCUT2D eigenvalue weighted by Crippen LogP contribution is -2.54. The van der Waals surface area contributed by atoms with Crippen LogP contribution in [0.5, 0.6) is 0 Å². The van der Waals surface area contributed by atoms with Crippen molar-refractivity contribution in [2.24, 2.45) is 11.8 Å². The molecule has 2 heterocycles. The van der Waals surface area contributed by atoms with Gasteiger partial charge in [0.2, 0.25) is 0 Å². The zero-order chi connectivity index (χ0) is 29.4. The minimum Gasteiger partial charge on any atom is -0.382 e. The number of hydrogen-bond donors (Lipinski definition) is 1. The molecule has 0 aliphatic heterocycles. The first kappa shape index (κ1) is 28.1. The fourth-order valence-corrected chi connectivity index (χ4v) is 8.65. The van der Waals surface area contributed by atoms with Gasteiger partial charge in [-0.1, -0.05) is 34.4 Å². The van der Waals surface area contributed by atoms with Crippen molar-refractivity contribution in [3.05, 3.63) is 68.1 Å². The van der Waals surface area contributed by atoms with Crippen molar-refractivity contribution in [2.75, 3.05) is 0 Å². The molecule has 12 heteroatoms. The second-order valence-electron chi connectivity index (χ2n) is 11.5. The van der Waals surface area contributed by atoms with Crippen LogP contribution in [0.4, 0.5) is 13.2 Å². The van der Waals surface area contributed by atoms with E-state index < -0.39 is 35.3 Å². The summed E-state index contributed by atoms with van der Waals surface area (Å²) in [6.45, 7) is -0.183. The molecule has 4 atom stereocenters. The van der Waals surface area contributed by atoms with Gasteiger partial charge in [0, 0.05) is 17.0 Å². The van der Waals surface area contributed by atoms with Gasteiger partial charge in [-0.2, -0.15) is 5.26 Å². The van der Waals surface area contributed by atoms with Gasteiger partial charge in [0.25, 0.3) is 6.43 Å². The Kier molecular flexibility index (Phi) is 6.83. The van der Waals surface area contributed by atoms with Crippen LogP contribution in [0.15, 0.2) is 34.9 Å². The fourth-order valence-electron chi connectivity index (χ4n) is 6.81. The highest BCUT2D eigenvalue weighted by Gasteiger charge is 2.63. The van der Waals surface area contributed by atoms with E-state index in [9.17, 15) is 23.5 Å². The highest BCUT2D eigenvalue weighted by molar-refractivity contribution is 7.18. The summed E-state index contributed by atoms with van der Waals surface area (Å²) >= 11 is 14.0. The van der Waals surface area contributed by atoms with Crippen molar-refractivity contribution in [3.8, 4) is 17.3 Å². The summed E-state index contributed by atoms with van der Waals surface area (Å²) in [7, 11) is 0. The molecule has 6 nitrogen and oxygen atoms in total. The summed E-state index contributed by atoms with van der Waals surface area (Å²) in [5, 5.41) is 26.5. The third kappa shape index (κ3) is 4.36. The molecule has 1 N–H and O–H groups in total. The van der Waals surface area contributed by atoms with Crippen LogP contribution >= 0.6 is 34.5 Å². The molecule has 3 saturated carbocycles. The summed E-state index contributed by atoms with van der Waals surface area (Å²) in [4.78, 5) is 4.41. The first-order valence-corrected chi connectivity index (χ1v) is 15.3. The highest BCUT2D eigenvalue weighted by atomic mass is 35.5. The zero-order valence-electron chi connectivity index (χ0n) is 22.0. The van der Waals surface area contributed by atoms with E-state index in [1.807, 2.05) is 6.07 Å². The number of aromatic nitrogens is 2. The van der Waals surface area contributed by atoms with E-state index in [2.05, 4.69) is 10.1 Å². The minimum absolute atomic E-state index is 0.0644. The number of rotatable bonds is 7. The Morgan fingerprint density at radius 3 is 2.45 bits per heavy atom. The minimum atomic E-state index is -2.83. The Labute approximate surface area is 253 Å². The van der Waals surface area contributed by atoms with Gasteiger partial charge in [-0.3, -0.25) is 0 Å². The smallest absolute Gasteiger partial charge is 0.267 e. The maximum atomic E-state index is 15.0. The predicted octanol–water partition coefficient (Wildman–Crippen LogP) is 8.37. The van der Waals surface area contributed by atoms with Crippen LogP contribution in [0, 0.1) is 29.0 Å². The first-order chi connectivity index (χ1) is 20.1. The van der Waals surface area contributed by atoms with Gasteiger partial charge in [0.1, 0.15) is 33.2 Å². The summed E-state index contributed by atoms with van der Waals surface area (Å²) in [5.74, 6) is -1.09. The Bertz CT molecular complexity index is 1710. The Hall–Kier alpha value is -2.68. The Balaban J connectivity index is 1.21. The average molecular weight is 635 g/mol. The van der Waals surface area contributed by atoms with E-state index in [0.717, 1.165) is 30.2 Å². The second kappa shape index (κ2) is 10.2. The molecule has 42 heavy (non-hydrogen) atoms. The van der Waals surface area contributed by atoms with Crippen molar-refractivity contribution in [1.29, 1.82) is 5.26 Å². The number of thiazole rings is 1. The molecule has 1 unspecified atom stereocenters. The zero-order valence-corrected chi connectivity index (χ0v) is 24.4. The van der Waals surface area contributed by atoms with E-state index in [1.54, 1.807) is 18.2 Å². The van der Waals surface area contributed by atoms with Crippen LogP contribution in [0.25, 0.3) is 21.5 Å². The first-order valence-electron chi connectivity index (χ1n) is 13.7. The number of benzene rings is 2. The number of halogens is 5. The molecule has 7 rings (SSSR count). The lowest BCUT2D eigenvalue weighted by Gasteiger charge is -2.47. The number of fused-ring (bicyclic) bond motifs is 3. The SMILES string of the molecule is N#Cc1cc(F)c2nc([C@@]3(O)[C@@H]4CC[C@H]3CC(OCc3c(-c5c(Cl)cccc5Cl)noc3C3CC3)(C(F)F)C4)sc2c1. The van der Waals surface area contributed by atoms with E-state index in [-0.39, 0.29) is 41.5 Å². The van der Waals surface area contributed by atoms with E-state index in [0.29, 0.717) is 50.2 Å². The van der Waals surface area contributed by atoms with Crippen molar-refractivity contribution in [2.45, 2.75) is 68.7 Å². The predicted molar refractivity (Wildman–Crippen MR) is 151 cm³/mol. The molecule has 218 valence electrons. The molecule has 3 fully saturated rings. The van der Waals surface area contributed by atoms with Gasteiger partial charge in [0.05, 0.1) is 33.0 Å². The van der Waals surface area contributed by atoms with E-state index in [4.69, 9.17) is 32.5 Å². The topological polar surface area (TPSA) is 92.2 Å². The molecule has 0 saturated heterocycles. The Morgan fingerprint density at radius 1 is 1.14 bits per heavy atom. The third-order valence-electron chi connectivity index (χ3n) is 9.08. The largest absolute Gasteiger partial charge is 0.382 e. The van der Waals surface area contributed by atoms with Crippen molar-refractivity contribution in [3.63, 3.8) is 0 Å². The van der Waals surface area contributed by atoms with Crippen molar-refractivity contribution >= 4 is 44.8 Å². The van der Waals surface area contributed by atoms with Crippen LogP contribution < -0.4 is 0 Å². The maximum Gasteiger partial charge on any atom is 0.267 e. The third-order valence-corrected chi connectivity index (χ3v) is 10.9. The fraction of sp³-hybridized carbons (Fsp3) is 0.433. The van der Waals surface area contributed by atoms with Gasteiger partial charge in [-0.05, 0) is 74.6 Å². The molecule has 0 amide bonds. The number of hydrogen-bond acceptors (Lipinski definition) is 7. The molecule has 2 aromatic heterocycles. The van der Waals surface area contributed by atoms with Gasteiger partial charge in [0.15, 0.2) is 5.82 Å². The standard InChI is InChI=1S/C30H24Cl2F3N3O3S/c31-19-2-1-3-20(32)23(19)24-18(26(41-38-24)15-4-5-15)13-40-29(27(34)35)10-16-6-7-17(11-29)30(16,39)28-37-25-21(33)8-14(12-36)9-22(25)42-28/h1-3,8-9,15-17,27,39H,4-7,10-11,13H2/t16-,17+,29?,30-. The number of ether oxygens (including phenoxy) is 1. The van der Waals surface area contributed by atoms with Gasteiger partial charge in [-0.15, -0.1) is 11.3 Å². The van der Waals surface area contributed by atoms with Crippen molar-refractivity contribution in [1.82, 2.24) is 10.1 Å². The van der Waals surface area contributed by atoms with Gasteiger partial charge in [-0.25, -0.2) is 18.2 Å². The summed E-state index contributed by atoms with van der Waals surface area (Å²) < 4.78 is 56.9. The lowest BCUT2D eigenvalue weighted by molar-refractivity contribution is -0.215. The molecule has 0 spiro atoms. The lowest BCUT2D eigenvalue weighted by atomic mass is 9.68. The Morgan fingerprint density at radius 2 is 1.83 bits per heavy atom. The molecule has 4 aromatic rings. The highest BCUT2D eigenvalue weighted by Crippen LogP contribution is 2.61. The van der Waals surface area contributed by atoms with E-state index in [1.165, 1.54) is 6.07 Å². The number of alkyl halides is 2. The van der Waals surface area contributed by atoms with Crippen LogP contribution in [0.2, 0.25) is 10.0 Å². The molecule has 0 radical (unpaired) electrons. The van der Waals surface area contributed by atoms with Crippen LogP contribution in [0.1, 0.15) is 66.3 Å². The van der Waals surface area contributed by atoms with Gasteiger partial charge < -0.3 is 14.4 Å². The molecule has 2 aromatic carbocycles. The van der Waals surface area contributed by atoms with Crippen molar-refractivity contribution < 1.29 is 27.5 Å². The summed E-state index contributed by atoms with van der Waals surface area (Å²) in [6, 6.07) is 9.61. The molecule has 3 aliphatic carbocycles. The molecular formula is C30H24Cl2F3N3O3S. The number of aliphatic hydroxyl groups is 1. The maximum absolute atomic E-state index is 15.0. The summed E-state index contributed by atoms with van der Waals surface area (Å²) in [6.07, 6.45) is -0.240. The van der Waals surface area contributed by atoms with Crippen LogP contribution in [0.3, 0.4) is 0 Å². The van der Waals surface area contributed by atoms with Gasteiger partial charge >= 0.3 is 0 Å². The molecule has 2 bridgehead atoms. The van der Waals surface area contributed by atoms with Crippen LogP contribution in [-0.4, -0.2) is 27.3 Å². The average Bonchev–Trinajstić information content (AvgIpc) is 3.53. The van der Waals surface area contributed by atoms with Crippen LogP contribution in [-0.2, 0) is 16.9 Å². The molecule has 3 aliphatic rings. The summed E-state index contributed by atoms with van der Waals surface area (Å²) in [5.41, 5.74) is -1.73. The quantitative estimate of drug-likeness (QED) is 0.220. The molecular weight excluding hydrogens is 610 g/mol.